The number of hydrogen-bond acceptors (Lipinski definition) is 3. The Morgan fingerprint density at radius 1 is 1.14 bits per heavy atom. The third-order valence-electron chi connectivity index (χ3n) is 4.23. The summed E-state index contributed by atoms with van der Waals surface area (Å²) in [6, 6.07) is 6.46. The molecule has 2 aliphatic rings. The van der Waals surface area contributed by atoms with Crippen molar-refractivity contribution in [1.29, 1.82) is 0 Å². The molecule has 1 aliphatic heterocycles. The van der Waals surface area contributed by atoms with E-state index in [-0.39, 0.29) is 16.8 Å². The van der Waals surface area contributed by atoms with Crippen LogP contribution in [0.1, 0.15) is 36.0 Å². The lowest BCUT2D eigenvalue weighted by atomic mass is 10.2. The van der Waals surface area contributed by atoms with Crippen LogP contribution in [0.15, 0.2) is 29.2 Å². The van der Waals surface area contributed by atoms with Crippen LogP contribution in [0, 0.1) is 0 Å². The lowest BCUT2D eigenvalue weighted by Crippen LogP contribution is -2.29. The molecule has 0 atom stereocenters. The molecule has 1 aliphatic carbocycles. The van der Waals surface area contributed by atoms with Crippen molar-refractivity contribution in [2.75, 3.05) is 20.1 Å². The Kier molecular flexibility index (Phi) is 3.75. The Morgan fingerprint density at radius 3 is 2.24 bits per heavy atom. The maximum atomic E-state index is 12.4. The average Bonchev–Trinajstić information content (AvgIpc) is 3.20. The number of benzene rings is 1. The second kappa shape index (κ2) is 5.42. The maximum absolute atomic E-state index is 12.4. The smallest absolute Gasteiger partial charge is 0.253 e. The van der Waals surface area contributed by atoms with Gasteiger partial charge in [0.2, 0.25) is 10.0 Å². The van der Waals surface area contributed by atoms with Gasteiger partial charge in [0.1, 0.15) is 0 Å². The predicted octanol–water partition coefficient (Wildman–Crippen LogP) is 1.71. The van der Waals surface area contributed by atoms with Gasteiger partial charge in [-0.15, -0.1) is 0 Å². The first-order chi connectivity index (χ1) is 10.00. The molecule has 114 valence electrons. The van der Waals surface area contributed by atoms with E-state index in [9.17, 15) is 13.2 Å². The molecule has 0 radical (unpaired) electrons. The highest BCUT2D eigenvalue weighted by Crippen LogP contribution is 2.30. The number of likely N-dealkylation sites (tertiary alicyclic amines) is 1. The number of carbonyl (C=O) groups is 1. The Hall–Kier alpha value is -1.40. The fourth-order valence-electron chi connectivity index (χ4n) is 2.67. The summed E-state index contributed by atoms with van der Waals surface area (Å²) in [5, 5.41) is 0. The van der Waals surface area contributed by atoms with Crippen molar-refractivity contribution in [2.45, 2.75) is 36.6 Å². The van der Waals surface area contributed by atoms with Gasteiger partial charge in [0, 0.05) is 31.7 Å². The van der Waals surface area contributed by atoms with E-state index in [2.05, 4.69) is 0 Å². The molecule has 3 rings (SSSR count). The zero-order valence-electron chi connectivity index (χ0n) is 12.2. The van der Waals surface area contributed by atoms with Gasteiger partial charge >= 0.3 is 0 Å². The van der Waals surface area contributed by atoms with Crippen LogP contribution in [-0.2, 0) is 10.0 Å². The molecule has 2 fully saturated rings. The lowest BCUT2D eigenvalue weighted by Gasteiger charge is -2.17. The molecule has 0 unspecified atom stereocenters. The predicted molar refractivity (Wildman–Crippen MR) is 79.6 cm³/mol. The Bertz CT molecular complexity index is 629. The van der Waals surface area contributed by atoms with Crippen LogP contribution in [0.2, 0.25) is 0 Å². The van der Waals surface area contributed by atoms with Gasteiger partial charge in [0.25, 0.3) is 5.91 Å². The molecule has 6 heteroatoms. The van der Waals surface area contributed by atoms with Crippen LogP contribution in [0.4, 0.5) is 0 Å². The van der Waals surface area contributed by atoms with Crippen molar-refractivity contribution in [3.63, 3.8) is 0 Å². The molecule has 0 aromatic heterocycles. The molecule has 1 saturated carbocycles. The average molecular weight is 308 g/mol. The minimum absolute atomic E-state index is 0.00741. The summed E-state index contributed by atoms with van der Waals surface area (Å²) in [6.07, 6.45) is 3.96. The molecule has 0 N–H and O–H groups in total. The zero-order valence-corrected chi connectivity index (χ0v) is 13.0. The largest absolute Gasteiger partial charge is 0.339 e. The van der Waals surface area contributed by atoms with Crippen molar-refractivity contribution in [2.24, 2.45) is 0 Å². The van der Waals surface area contributed by atoms with Crippen molar-refractivity contribution < 1.29 is 13.2 Å². The van der Waals surface area contributed by atoms with Gasteiger partial charge in [0.05, 0.1) is 4.90 Å². The summed E-state index contributed by atoms with van der Waals surface area (Å²) < 4.78 is 26.2. The molecule has 1 aromatic carbocycles. The zero-order chi connectivity index (χ0) is 15.0. The van der Waals surface area contributed by atoms with E-state index in [0.29, 0.717) is 5.56 Å². The van der Waals surface area contributed by atoms with Gasteiger partial charge in [-0.3, -0.25) is 4.79 Å². The van der Waals surface area contributed by atoms with E-state index < -0.39 is 10.0 Å². The van der Waals surface area contributed by atoms with Gasteiger partial charge in [-0.1, -0.05) is 0 Å². The summed E-state index contributed by atoms with van der Waals surface area (Å²) in [7, 11) is -1.81. The van der Waals surface area contributed by atoms with Gasteiger partial charge in [-0.2, -0.15) is 4.31 Å². The number of sulfonamides is 1. The van der Waals surface area contributed by atoms with Crippen LogP contribution < -0.4 is 0 Å². The van der Waals surface area contributed by atoms with Crippen LogP contribution >= 0.6 is 0 Å². The summed E-state index contributed by atoms with van der Waals surface area (Å²) >= 11 is 0. The number of nitrogens with zero attached hydrogens (tertiary/aromatic N) is 2. The molecular weight excluding hydrogens is 288 g/mol. The quantitative estimate of drug-likeness (QED) is 0.851. The fraction of sp³-hybridized carbons (Fsp3) is 0.533. The molecule has 1 saturated heterocycles. The number of amides is 1. The van der Waals surface area contributed by atoms with Crippen molar-refractivity contribution >= 4 is 15.9 Å². The van der Waals surface area contributed by atoms with Crippen molar-refractivity contribution in [3.8, 4) is 0 Å². The van der Waals surface area contributed by atoms with Crippen LogP contribution in [0.3, 0.4) is 0 Å². The monoisotopic (exact) mass is 308 g/mol. The first kappa shape index (κ1) is 14.5. The van der Waals surface area contributed by atoms with Crippen molar-refractivity contribution in [3.05, 3.63) is 29.8 Å². The Morgan fingerprint density at radius 2 is 1.71 bits per heavy atom. The molecule has 1 amide bonds. The topological polar surface area (TPSA) is 57.7 Å². The molecule has 0 bridgehead atoms. The summed E-state index contributed by atoms with van der Waals surface area (Å²) in [4.78, 5) is 14.3. The van der Waals surface area contributed by atoms with Gasteiger partial charge in [0.15, 0.2) is 0 Å². The highest BCUT2D eigenvalue weighted by Gasteiger charge is 2.35. The van der Waals surface area contributed by atoms with Crippen LogP contribution in [-0.4, -0.2) is 49.7 Å². The van der Waals surface area contributed by atoms with Gasteiger partial charge in [-0.25, -0.2) is 8.42 Å². The standard InChI is InChI=1S/C15H20N2O3S/c1-16(13-6-7-13)21(19,20)14-8-4-12(5-9-14)15(18)17-10-2-3-11-17/h4-5,8-9,13H,2-3,6-7,10-11H2,1H3. The van der Waals surface area contributed by atoms with E-state index in [1.807, 2.05) is 4.90 Å². The number of carbonyl (C=O) groups excluding carboxylic acids is 1. The minimum atomic E-state index is -3.43. The van der Waals surface area contributed by atoms with E-state index >= 15 is 0 Å². The molecule has 5 nitrogen and oxygen atoms in total. The number of rotatable bonds is 4. The van der Waals surface area contributed by atoms with E-state index in [4.69, 9.17) is 0 Å². The molecule has 0 spiro atoms. The van der Waals surface area contributed by atoms with Crippen LogP contribution in [0.25, 0.3) is 0 Å². The van der Waals surface area contributed by atoms with Gasteiger partial charge in [-0.05, 0) is 49.9 Å². The lowest BCUT2D eigenvalue weighted by molar-refractivity contribution is 0.0792. The molecule has 1 aromatic rings. The fourth-order valence-corrected chi connectivity index (χ4v) is 4.09. The summed E-state index contributed by atoms with van der Waals surface area (Å²) in [6.45, 7) is 1.59. The Balaban J connectivity index is 1.78. The second-order valence-electron chi connectivity index (χ2n) is 5.78. The van der Waals surface area contributed by atoms with Crippen LogP contribution in [0.5, 0.6) is 0 Å². The molecule has 1 heterocycles. The highest BCUT2D eigenvalue weighted by atomic mass is 32.2. The molecule has 21 heavy (non-hydrogen) atoms. The minimum Gasteiger partial charge on any atom is -0.339 e. The summed E-state index contributed by atoms with van der Waals surface area (Å²) in [5.41, 5.74) is 0.560. The normalized spacial score (nSPS) is 19.2. The number of hydrogen-bond donors (Lipinski definition) is 0. The van der Waals surface area contributed by atoms with E-state index in [1.54, 1.807) is 19.2 Å². The van der Waals surface area contributed by atoms with Crippen molar-refractivity contribution in [1.82, 2.24) is 9.21 Å². The van der Waals surface area contributed by atoms with Gasteiger partial charge < -0.3 is 4.90 Å². The maximum Gasteiger partial charge on any atom is 0.253 e. The first-order valence-corrected chi connectivity index (χ1v) is 8.81. The van der Waals surface area contributed by atoms with E-state index in [1.165, 1.54) is 16.4 Å². The molecular formula is C15H20N2O3S. The SMILES string of the molecule is CN(C1CC1)S(=O)(=O)c1ccc(C(=O)N2CCCC2)cc1. The van der Waals surface area contributed by atoms with E-state index in [0.717, 1.165) is 38.8 Å². The third kappa shape index (κ3) is 2.82. The summed E-state index contributed by atoms with van der Waals surface area (Å²) in [5.74, 6) is -0.00741. The highest BCUT2D eigenvalue weighted by molar-refractivity contribution is 7.89. The first-order valence-electron chi connectivity index (χ1n) is 7.37. The third-order valence-corrected chi connectivity index (χ3v) is 6.16. The second-order valence-corrected chi connectivity index (χ2v) is 7.77. The Labute approximate surface area is 125 Å².